The number of furan rings is 1. The maximum absolute atomic E-state index is 12.8. The minimum absolute atomic E-state index is 0.0346. The number of nitro benzene ring substituents is 1. The predicted molar refractivity (Wildman–Crippen MR) is 133 cm³/mol. The molecule has 1 heterocycles. The van der Waals surface area contributed by atoms with Crippen molar-refractivity contribution in [1.29, 1.82) is 0 Å². The molecule has 0 spiro atoms. The molecule has 0 aliphatic carbocycles. The normalized spacial score (nSPS) is 10.5. The van der Waals surface area contributed by atoms with Crippen molar-refractivity contribution in [2.24, 2.45) is 0 Å². The number of aryl methyl sites for hydroxylation is 2. The van der Waals surface area contributed by atoms with Crippen LogP contribution >= 0.6 is 0 Å². The Hall–Kier alpha value is -4.79. The van der Waals surface area contributed by atoms with Gasteiger partial charge in [-0.3, -0.25) is 14.9 Å². The Kier molecular flexibility index (Phi) is 7.20. The summed E-state index contributed by atoms with van der Waals surface area (Å²) in [6, 6.07) is 19.8. The summed E-state index contributed by atoms with van der Waals surface area (Å²) in [5.41, 5.74) is 2.19. The second kappa shape index (κ2) is 10.6. The maximum Gasteiger partial charge on any atom is 0.291 e. The molecule has 0 saturated carbocycles. The van der Waals surface area contributed by atoms with Crippen LogP contribution in [-0.2, 0) is 6.61 Å². The molecule has 4 rings (SSSR count). The van der Waals surface area contributed by atoms with Crippen LogP contribution in [0.15, 0.2) is 77.2 Å². The van der Waals surface area contributed by atoms with Crippen molar-refractivity contribution >= 4 is 17.3 Å². The number of rotatable bonds is 9. The van der Waals surface area contributed by atoms with Gasteiger partial charge in [0.2, 0.25) is 0 Å². The molecule has 3 aromatic carbocycles. The van der Waals surface area contributed by atoms with E-state index in [1.807, 2.05) is 32.0 Å². The number of hydrogen-bond donors (Lipinski definition) is 1. The number of non-ortho nitro benzene ring substituents is 1. The molecule has 0 bridgehead atoms. The molecule has 0 atom stereocenters. The Morgan fingerprint density at radius 1 is 0.944 bits per heavy atom. The zero-order chi connectivity index (χ0) is 25.7. The fourth-order valence-electron chi connectivity index (χ4n) is 3.38. The largest absolute Gasteiger partial charge is 0.493 e. The van der Waals surface area contributed by atoms with Crippen LogP contribution in [0.2, 0.25) is 0 Å². The minimum Gasteiger partial charge on any atom is -0.493 e. The first-order valence-electron chi connectivity index (χ1n) is 11.0. The van der Waals surface area contributed by atoms with Crippen molar-refractivity contribution in [2.75, 3.05) is 12.4 Å². The van der Waals surface area contributed by atoms with E-state index in [1.54, 1.807) is 30.3 Å². The Morgan fingerprint density at radius 3 is 2.44 bits per heavy atom. The molecule has 36 heavy (non-hydrogen) atoms. The van der Waals surface area contributed by atoms with E-state index in [1.165, 1.54) is 31.4 Å². The molecule has 1 amide bonds. The molecule has 0 unspecified atom stereocenters. The molecule has 184 valence electrons. The lowest BCUT2D eigenvalue weighted by atomic mass is 10.1. The Labute approximate surface area is 207 Å². The lowest BCUT2D eigenvalue weighted by Crippen LogP contribution is -2.11. The summed E-state index contributed by atoms with van der Waals surface area (Å²) in [5, 5.41) is 14.1. The van der Waals surface area contributed by atoms with Gasteiger partial charge in [-0.15, -0.1) is 0 Å². The fourth-order valence-corrected chi connectivity index (χ4v) is 3.38. The van der Waals surface area contributed by atoms with Crippen LogP contribution in [0.4, 0.5) is 11.4 Å². The van der Waals surface area contributed by atoms with Gasteiger partial charge in [-0.1, -0.05) is 18.2 Å². The number of nitro groups is 1. The van der Waals surface area contributed by atoms with Crippen molar-refractivity contribution in [3.63, 3.8) is 0 Å². The van der Waals surface area contributed by atoms with Gasteiger partial charge < -0.3 is 23.9 Å². The van der Waals surface area contributed by atoms with Gasteiger partial charge in [0, 0.05) is 12.1 Å². The van der Waals surface area contributed by atoms with Crippen LogP contribution in [0.5, 0.6) is 23.0 Å². The number of hydrogen-bond acceptors (Lipinski definition) is 7. The first kappa shape index (κ1) is 24.3. The van der Waals surface area contributed by atoms with E-state index < -0.39 is 10.8 Å². The summed E-state index contributed by atoms with van der Waals surface area (Å²) in [7, 11) is 1.49. The molecule has 9 nitrogen and oxygen atoms in total. The molecule has 0 aliphatic heterocycles. The van der Waals surface area contributed by atoms with Gasteiger partial charge >= 0.3 is 0 Å². The number of methoxy groups -OCH3 is 1. The summed E-state index contributed by atoms with van der Waals surface area (Å²) in [6.45, 7) is 4.16. The van der Waals surface area contributed by atoms with Gasteiger partial charge in [0.05, 0.1) is 23.8 Å². The average Bonchev–Trinajstić information content (AvgIpc) is 3.34. The van der Waals surface area contributed by atoms with Gasteiger partial charge in [-0.25, -0.2) is 0 Å². The molecule has 1 N–H and O–H groups in total. The van der Waals surface area contributed by atoms with Gasteiger partial charge in [0.1, 0.15) is 23.9 Å². The second-order valence-corrected chi connectivity index (χ2v) is 7.98. The summed E-state index contributed by atoms with van der Waals surface area (Å²) in [5.74, 6) is 1.60. The van der Waals surface area contributed by atoms with Crippen molar-refractivity contribution in [3.05, 3.63) is 106 Å². The molecule has 0 aliphatic rings. The van der Waals surface area contributed by atoms with Crippen LogP contribution in [-0.4, -0.2) is 17.9 Å². The highest BCUT2D eigenvalue weighted by atomic mass is 16.6. The van der Waals surface area contributed by atoms with E-state index in [0.29, 0.717) is 23.0 Å². The summed E-state index contributed by atoms with van der Waals surface area (Å²) in [4.78, 5) is 23.6. The molecule has 4 aromatic rings. The molecule has 1 aromatic heterocycles. The van der Waals surface area contributed by atoms with Crippen LogP contribution in [0.25, 0.3) is 0 Å². The SMILES string of the molecule is COc1ccccc1Oc1cc(NC(=O)c2ccc(COc3ccc(C)c(C)c3)o2)cc([N+](=O)[O-])c1. The van der Waals surface area contributed by atoms with Crippen LogP contribution in [0.3, 0.4) is 0 Å². The second-order valence-electron chi connectivity index (χ2n) is 7.98. The van der Waals surface area contributed by atoms with Crippen LogP contribution in [0.1, 0.15) is 27.4 Å². The Balaban J connectivity index is 1.47. The zero-order valence-electron chi connectivity index (χ0n) is 19.9. The average molecular weight is 488 g/mol. The third kappa shape index (κ3) is 5.82. The van der Waals surface area contributed by atoms with Crippen molar-refractivity contribution < 1.29 is 28.3 Å². The quantitative estimate of drug-likeness (QED) is 0.213. The molecule has 0 fully saturated rings. The van der Waals surface area contributed by atoms with Crippen LogP contribution < -0.4 is 19.5 Å². The minimum atomic E-state index is -0.573. The standard InChI is InChI=1S/C27H24N2O7/c1-17-8-9-21(12-18(17)2)34-16-22-10-11-26(35-22)27(30)28-19-13-20(29(31)32)15-23(14-19)36-25-7-5-4-6-24(25)33-3/h4-15H,16H2,1-3H3,(H,28,30). The highest BCUT2D eigenvalue weighted by Gasteiger charge is 2.17. The summed E-state index contributed by atoms with van der Waals surface area (Å²) < 4.78 is 22.4. The van der Waals surface area contributed by atoms with Crippen LogP contribution in [0, 0.1) is 24.0 Å². The van der Waals surface area contributed by atoms with E-state index >= 15 is 0 Å². The number of amides is 1. The first-order chi connectivity index (χ1) is 17.3. The smallest absolute Gasteiger partial charge is 0.291 e. The number of carbonyl (C=O) groups is 1. The van der Waals surface area contributed by atoms with Crippen molar-refractivity contribution in [1.82, 2.24) is 0 Å². The Bertz CT molecular complexity index is 1410. The van der Waals surface area contributed by atoms with Gasteiger partial charge in [-0.05, 0) is 61.4 Å². The summed E-state index contributed by atoms with van der Waals surface area (Å²) in [6.07, 6.45) is 0. The number of carbonyl (C=O) groups excluding carboxylic acids is 1. The third-order valence-electron chi connectivity index (χ3n) is 5.40. The highest BCUT2D eigenvalue weighted by Crippen LogP contribution is 2.34. The Morgan fingerprint density at radius 2 is 1.72 bits per heavy atom. The van der Waals surface area contributed by atoms with Gasteiger partial charge in [-0.2, -0.15) is 0 Å². The molecule has 0 saturated heterocycles. The number of para-hydroxylation sites is 2. The molecule has 9 heteroatoms. The van der Waals surface area contributed by atoms with E-state index in [4.69, 9.17) is 18.6 Å². The van der Waals surface area contributed by atoms with Crippen molar-refractivity contribution in [3.8, 4) is 23.0 Å². The van der Waals surface area contributed by atoms with E-state index in [9.17, 15) is 14.9 Å². The van der Waals surface area contributed by atoms with Gasteiger partial charge in [0.25, 0.3) is 11.6 Å². The first-order valence-corrected chi connectivity index (χ1v) is 11.0. The zero-order valence-corrected chi connectivity index (χ0v) is 19.9. The lowest BCUT2D eigenvalue weighted by Gasteiger charge is -2.11. The van der Waals surface area contributed by atoms with Crippen molar-refractivity contribution in [2.45, 2.75) is 20.5 Å². The van der Waals surface area contributed by atoms with E-state index in [-0.39, 0.29) is 29.5 Å². The topological polar surface area (TPSA) is 113 Å². The monoisotopic (exact) mass is 488 g/mol. The predicted octanol–water partition coefficient (Wildman–Crippen LogP) is 6.44. The number of ether oxygens (including phenoxy) is 3. The number of anilines is 1. The summed E-state index contributed by atoms with van der Waals surface area (Å²) >= 11 is 0. The molecule has 0 radical (unpaired) electrons. The highest BCUT2D eigenvalue weighted by molar-refractivity contribution is 6.02. The molecular weight excluding hydrogens is 464 g/mol. The maximum atomic E-state index is 12.8. The third-order valence-corrected chi connectivity index (χ3v) is 5.40. The van der Waals surface area contributed by atoms with E-state index in [2.05, 4.69) is 5.32 Å². The number of nitrogens with zero attached hydrogens (tertiary/aromatic N) is 1. The number of benzene rings is 3. The lowest BCUT2D eigenvalue weighted by molar-refractivity contribution is -0.384. The van der Waals surface area contributed by atoms with Gasteiger partial charge in [0.15, 0.2) is 17.3 Å². The number of nitrogens with one attached hydrogen (secondary N) is 1. The fraction of sp³-hybridized carbons (Fsp3) is 0.148. The molecular formula is C27H24N2O7. The van der Waals surface area contributed by atoms with E-state index in [0.717, 1.165) is 11.1 Å².